The zero-order valence-corrected chi connectivity index (χ0v) is 17.6. The van der Waals surface area contributed by atoms with Crippen LogP contribution in [0.3, 0.4) is 0 Å². The van der Waals surface area contributed by atoms with Crippen LogP contribution in [0.25, 0.3) is 22.5 Å². The van der Waals surface area contributed by atoms with Crippen LogP contribution < -0.4 is 5.32 Å². The summed E-state index contributed by atoms with van der Waals surface area (Å²) in [5, 5.41) is 10.3. The first-order chi connectivity index (χ1) is 13.5. The summed E-state index contributed by atoms with van der Waals surface area (Å²) < 4.78 is 33.1. The number of hydrogen-bond acceptors (Lipinski definition) is 3. The third-order valence-corrected chi connectivity index (χ3v) is 4.47. The molecule has 0 bridgehead atoms. The number of anilines is 1. The van der Waals surface area contributed by atoms with E-state index in [0.717, 1.165) is 17.7 Å². The summed E-state index contributed by atoms with van der Waals surface area (Å²) in [4.78, 5) is 11.7. The molecule has 1 N–H and O–H groups in total. The lowest BCUT2D eigenvalue weighted by Gasteiger charge is -2.23. The molecule has 2 heterocycles. The monoisotopic (exact) mass is 421 g/mol. The maximum atomic E-state index is 15.0. The van der Waals surface area contributed by atoms with Gasteiger partial charge >= 0.3 is 0 Å². The van der Waals surface area contributed by atoms with Crippen molar-refractivity contribution in [1.82, 2.24) is 19.6 Å². The predicted octanol–water partition coefficient (Wildman–Crippen LogP) is 4.55. The van der Waals surface area contributed by atoms with Gasteiger partial charge in [-0.2, -0.15) is 10.2 Å². The Morgan fingerprint density at radius 3 is 2.31 bits per heavy atom. The van der Waals surface area contributed by atoms with E-state index < -0.39 is 28.5 Å². The average Bonchev–Trinajstić information content (AvgIpc) is 3.20. The lowest BCUT2D eigenvalue weighted by molar-refractivity contribution is -0.115. The molecule has 0 aliphatic rings. The molecule has 3 aromatic rings. The van der Waals surface area contributed by atoms with Crippen molar-refractivity contribution in [2.24, 2.45) is 7.05 Å². The van der Waals surface area contributed by atoms with E-state index in [2.05, 4.69) is 15.5 Å². The van der Waals surface area contributed by atoms with Crippen LogP contribution in [-0.2, 0) is 17.4 Å². The van der Waals surface area contributed by atoms with E-state index >= 15 is 0 Å². The largest absolute Gasteiger partial charge is 0.325 e. The van der Waals surface area contributed by atoms with Gasteiger partial charge in [-0.15, -0.1) is 11.6 Å². The van der Waals surface area contributed by atoms with Crippen molar-refractivity contribution in [3.63, 3.8) is 0 Å². The Bertz CT molecular complexity index is 1040. The number of benzene rings is 1. The maximum Gasteiger partial charge on any atom is 0.242 e. The molecule has 0 aliphatic heterocycles. The van der Waals surface area contributed by atoms with Gasteiger partial charge in [0.25, 0.3) is 0 Å². The number of nitrogens with zero attached hydrogens (tertiary/aromatic N) is 4. The van der Waals surface area contributed by atoms with Gasteiger partial charge in [0, 0.05) is 24.5 Å². The molecule has 154 valence electrons. The standard InChI is InChI=1S/C20H22ClF2N5O/c1-11(21)19(29)25-13-6-14(22)18(15(23)7-13)17-8-16(12-9-24-27(5)10-12)26-28(17)20(2,3)4/h6-11H,1-5H3,(H,25,29). The van der Waals surface area contributed by atoms with Crippen LogP contribution in [0.4, 0.5) is 14.5 Å². The number of halogens is 3. The Morgan fingerprint density at radius 2 is 1.83 bits per heavy atom. The summed E-state index contributed by atoms with van der Waals surface area (Å²) in [7, 11) is 1.78. The molecule has 29 heavy (non-hydrogen) atoms. The minimum absolute atomic E-state index is 0.00411. The highest BCUT2D eigenvalue weighted by molar-refractivity contribution is 6.32. The molecular formula is C20H22ClF2N5O. The molecule has 9 heteroatoms. The number of hydrogen-bond donors (Lipinski definition) is 1. The number of amides is 1. The van der Waals surface area contributed by atoms with Gasteiger partial charge in [0.05, 0.1) is 28.7 Å². The van der Waals surface area contributed by atoms with Crippen molar-refractivity contribution in [3.8, 4) is 22.5 Å². The van der Waals surface area contributed by atoms with Crippen LogP contribution in [0, 0.1) is 11.6 Å². The van der Waals surface area contributed by atoms with Crippen molar-refractivity contribution < 1.29 is 13.6 Å². The molecule has 1 atom stereocenters. The van der Waals surface area contributed by atoms with Crippen molar-refractivity contribution >= 4 is 23.2 Å². The van der Waals surface area contributed by atoms with Crippen LogP contribution >= 0.6 is 11.6 Å². The number of rotatable bonds is 4. The topological polar surface area (TPSA) is 64.7 Å². The van der Waals surface area contributed by atoms with Gasteiger partial charge in [0.1, 0.15) is 17.0 Å². The second-order valence-electron chi connectivity index (χ2n) is 7.82. The fraction of sp³-hybridized carbons (Fsp3) is 0.350. The molecule has 1 aromatic carbocycles. The fourth-order valence-corrected chi connectivity index (χ4v) is 2.95. The molecule has 2 aromatic heterocycles. The fourth-order valence-electron chi connectivity index (χ4n) is 2.90. The summed E-state index contributed by atoms with van der Waals surface area (Å²) in [5.41, 5.74) is 0.813. The first-order valence-electron chi connectivity index (χ1n) is 9.01. The highest BCUT2D eigenvalue weighted by Crippen LogP contribution is 2.34. The summed E-state index contributed by atoms with van der Waals surface area (Å²) in [6, 6.07) is 3.77. The lowest BCUT2D eigenvalue weighted by atomic mass is 10.0. The van der Waals surface area contributed by atoms with Crippen LogP contribution in [0.2, 0.25) is 0 Å². The third kappa shape index (κ3) is 4.32. The molecule has 6 nitrogen and oxygen atoms in total. The van der Waals surface area contributed by atoms with Gasteiger partial charge in [-0.25, -0.2) is 8.78 Å². The van der Waals surface area contributed by atoms with Gasteiger partial charge < -0.3 is 5.32 Å². The Morgan fingerprint density at radius 1 is 1.21 bits per heavy atom. The van der Waals surface area contributed by atoms with Crippen molar-refractivity contribution in [2.75, 3.05) is 5.32 Å². The Balaban J connectivity index is 2.12. The Hall–Kier alpha value is -2.74. The lowest BCUT2D eigenvalue weighted by Crippen LogP contribution is -2.24. The summed E-state index contributed by atoms with van der Waals surface area (Å²) in [6.07, 6.45) is 3.41. The average molecular weight is 422 g/mol. The molecular weight excluding hydrogens is 400 g/mol. The van der Waals surface area contributed by atoms with Crippen LogP contribution in [0.5, 0.6) is 0 Å². The minimum Gasteiger partial charge on any atom is -0.325 e. The van der Waals surface area contributed by atoms with E-state index in [1.807, 2.05) is 20.8 Å². The number of alkyl halides is 1. The first-order valence-corrected chi connectivity index (χ1v) is 9.45. The molecule has 0 fully saturated rings. The Kier molecular flexibility index (Phi) is 5.49. The van der Waals surface area contributed by atoms with Crippen LogP contribution in [0.1, 0.15) is 27.7 Å². The highest BCUT2D eigenvalue weighted by Gasteiger charge is 2.26. The molecule has 0 spiro atoms. The number of aryl methyl sites for hydroxylation is 1. The third-order valence-electron chi connectivity index (χ3n) is 4.27. The summed E-state index contributed by atoms with van der Waals surface area (Å²) in [5.74, 6) is -2.17. The van der Waals surface area contributed by atoms with E-state index in [0.29, 0.717) is 5.69 Å². The van der Waals surface area contributed by atoms with Crippen molar-refractivity contribution in [1.29, 1.82) is 0 Å². The number of aromatic nitrogens is 4. The molecule has 0 aliphatic carbocycles. The molecule has 0 saturated carbocycles. The molecule has 0 saturated heterocycles. The Labute approximate surface area is 172 Å². The van der Waals surface area contributed by atoms with Gasteiger partial charge in [0.2, 0.25) is 5.91 Å². The molecule has 0 radical (unpaired) electrons. The maximum absolute atomic E-state index is 15.0. The molecule has 3 rings (SSSR count). The smallest absolute Gasteiger partial charge is 0.242 e. The second kappa shape index (κ2) is 7.59. The molecule has 1 amide bonds. The summed E-state index contributed by atoms with van der Waals surface area (Å²) >= 11 is 5.70. The van der Waals surface area contributed by atoms with Crippen LogP contribution in [0.15, 0.2) is 30.6 Å². The number of carbonyl (C=O) groups excluding carboxylic acids is 1. The van der Waals surface area contributed by atoms with Crippen LogP contribution in [-0.4, -0.2) is 30.8 Å². The SMILES string of the molecule is CC(Cl)C(=O)Nc1cc(F)c(-c2cc(-c3cnn(C)c3)nn2C(C)(C)C)c(F)c1. The van der Waals surface area contributed by atoms with E-state index in [4.69, 9.17) is 11.6 Å². The number of carbonyl (C=O) groups is 1. The van der Waals surface area contributed by atoms with Gasteiger partial charge in [-0.05, 0) is 45.9 Å². The predicted molar refractivity (Wildman–Crippen MR) is 109 cm³/mol. The first kappa shape index (κ1) is 21.0. The van der Waals surface area contributed by atoms with Crippen molar-refractivity contribution in [2.45, 2.75) is 38.6 Å². The van der Waals surface area contributed by atoms with Gasteiger partial charge in [-0.3, -0.25) is 14.2 Å². The normalized spacial score (nSPS) is 12.8. The number of nitrogens with one attached hydrogen (secondary N) is 1. The summed E-state index contributed by atoms with van der Waals surface area (Å²) in [6.45, 7) is 7.15. The van der Waals surface area contributed by atoms with E-state index in [-0.39, 0.29) is 16.9 Å². The zero-order valence-electron chi connectivity index (χ0n) is 16.8. The van der Waals surface area contributed by atoms with Gasteiger partial charge in [-0.1, -0.05) is 0 Å². The second-order valence-corrected chi connectivity index (χ2v) is 8.47. The van der Waals surface area contributed by atoms with E-state index in [9.17, 15) is 13.6 Å². The zero-order chi connectivity index (χ0) is 21.5. The minimum atomic E-state index is -0.829. The highest BCUT2D eigenvalue weighted by atomic mass is 35.5. The van der Waals surface area contributed by atoms with Crippen molar-refractivity contribution in [3.05, 3.63) is 42.2 Å². The van der Waals surface area contributed by atoms with Gasteiger partial charge in [0.15, 0.2) is 0 Å². The quantitative estimate of drug-likeness (QED) is 0.628. The van der Waals surface area contributed by atoms with E-state index in [1.165, 1.54) is 6.92 Å². The molecule has 1 unspecified atom stereocenters. The van der Waals surface area contributed by atoms with E-state index in [1.54, 1.807) is 34.9 Å².